The quantitative estimate of drug-likeness (QED) is 0.855. The summed E-state index contributed by atoms with van der Waals surface area (Å²) in [6.45, 7) is 4.72. The van der Waals surface area contributed by atoms with Crippen LogP contribution in [0.2, 0.25) is 0 Å². The third-order valence-corrected chi connectivity index (χ3v) is 3.56. The van der Waals surface area contributed by atoms with Crippen LogP contribution in [0.4, 0.5) is 15.8 Å². The van der Waals surface area contributed by atoms with Crippen molar-refractivity contribution in [3.8, 4) is 0 Å². The van der Waals surface area contributed by atoms with Gasteiger partial charge < -0.3 is 15.0 Å². The van der Waals surface area contributed by atoms with Crippen molar-refractivity contribution in [2.24, 2.45) is 0 Å². The summed E-state index contributed by atoms with van der Waals surface area (Å²) >= 11 is 0. The number of rotatable bonds is 6. The second-order valence-corrected chi connectivity index (χ2v) is 5.19. The maximum atomic E-state index is 14.1. The smallest absolute Gasteiger partial charge is 0.148 e. The first kappa shape index (κ1) is 14.1. The lowest BCUT2D eigenvalue weighted by Crippen LogP contribution is -2.20. The van der Waals surface area contributed by atoms with E-state index in [1.165, 1.54) is 0 Å². The van der Waals surface area contributed by atoms with Gasteiger partial charge in [-0.05, 0) is 44.4 Å². The van der Waals surface area contributed by atoms with E-state index in [1.54, 1.807) is 13.2 Å². The molecule has 1 heterocycles. The minimum atomic E-state index is -0.133. The first-order valence-electron chi connectivity index (χ1n) is 7.00. The van der Waals surface area contributed by atoms with Gasteiger partial charge in [-0.2, -0.15) is 0 Å². The zero-order chi connectivity index (χ0) is 13.7. The fraction of sp³-hybridized carbons (Fsp3) is 0.600. The molecule has 106 valence electrons. The van der Waals surface area contributed by atoms with Crippen LogP contribution < -0.4 is 10.2 Å². The topological polar surface area (TPSA) is 24.5 Å². The lowest BCUT2D eigenvalue weighted by Gasteiger charge is -2.20. The highest BCUT2D eigenvalue weighted by atomic mass is 19.1. The first-order chi connectivity index (χ1) is 9.20. The van der Waals surface area contributed by atoms with Gasteiger partial charge in [-0.25, -0.2) is 4.39 Å². The summed E-state index contributed by atoms with van der Waals surface area (Å²) in [4.78, 5) is 2.12. The Labute approximate surface area is 114 Å². The predicted octanol–water partition coefficient (Wildman–Crippen LogP) is 3.26. The van der Waals surface area contributed by atoms with Crippen LogP contribution in [0.5, 0.6) is 0 Å². The number of hydrogen-bond donors (Lipinski definition) is 1. The van der Waals surface area contributed by atoms with E-state index < -0.39 is 0 Å². The maximum absolute atomic E-state index is 14.1. The van der Waals surface area contributed by atoms with Gasteiger partial charge in [0.15, 0.2) is 0 Å². The Morgan fingerprint density at radius 2 is 2.11 bits per heavy atom. The second-order valence-electron chi connectivity index (χ2n) is 5.19. The number of ether oxygens (including phenoxy) is 1. The number of nitrogens with zero attached hydrogens (tertiary/aromatic N) is 1. The van der Waals surface area contributed by atoms with Gasteiger partial charge in [0.05, 0.1) is 5.69 Å². The van der Waals surface area contributed by atoms with E-state index in [4.69, 9.17) is 4.74 Å². The van der Waals surface area contributed by atoms with E-state index >= 15 is 0 Å². The average Bonchev–Trinajstić information content (AvgIpc) is 2.90. The molecule has 0 radical (unpaired) electrons. The molecule has 0 bridgehead atoms. The third kappa shape index (κ3) is 3.83. The van der Waals surface area contributed by atoms with E-state index in [0.29, 0.717) is 6.61 Å². The molecule has 1 unspecified atom stereocenters. The molecule has 0 aromatic heterocycles. The molecule has 1 aromatic rings. The Morgan fingerprint density at radius 1 is 1.37 bits per heavy atom. The lowest BCUT2D eigenvalue weighted by atomic mass is 10.2. The van der Waals surface area contributed by atoms with Crippen molar-refractivity contribution < 1.29 is 9.13 Å². The normalized spacial score (nSPS) is 16.7. The van der Waals surface area contributed by atoms with Gasteiger partial charge >= 0.3 is 0 Å². The van der Waals surface area contributed by atoms with E-state index in [0.717, 1.165) is 43.7 Å². The summed E-state index contributed by atoms with van der Waals surface area (Å²) in [5.41, 5.74) is 1.57. The van der Waals surface area contributed by atoms with Gasteiger partial charge in [0, 0.05) is 38.5 Å². The highest BCUT2D eigenvalue weighted by Gasteiger charge is 2.16. The summed E-state index contributed by atoms with van der Waals surface area (Å²) in [5.74, 6) is -0.133. The zero-order valence-corrected chi connectivity index (χ0v) is 11.8. The van der Waals surface area contributed by atoms with E-state index in [9.17, 15) is 4.39 Å². The van der Waals surface area contributed by atoms with Crippen molar-refractivity contribution in [3.05, 3.63) is 24.0 Å². The van der Waals surface area contributed by atoms with Crippen LogP contribution in [0.3, 0.4) is 0 Å². The number of anilines is 2. The molecule has 19 heavy (non-hydrogen) atoms. The molecule has 1 aliphatic rings. The summed E-state index contributed by atoms with van der Waals surface area (Å²) in [7, 11) is 1.69. The van der Waals surface area contributed by atoms with Gasteiger partial charge in [0.1, 0.15) is 5.82 Å². The van der Waals surface area contributed by atoms with Gasteiger partial charge in [-0.1, -0.05) is 0 Å². The Morgan fingerprint density at radius 3 is 2.74 bits per heavy atom. The van der Waals surface area contributed by atoms with Crippen LogP contribution in [0, 0.1) is 5.82 Å². The molecular formula is C15H23FN2O. The lowest BCUT2D eigenvalue weighted by molar-refractivity contribution is 0.191. The fourth-order valence-electron chi connectivity index (χ4n) is 2.46. The van der Waals surface area contributed by atoms with Crippen LogP contribution in [-0.2, 0) is 4.74 Å². The van der Waals surface area contributed by atoms with Crippen LogP contribution in [0.25, 0.3) is 0 Å². The predicted molar refractivity (Wildman–Crippen MR) is 77.4 cm³/mol. The minimum Gasteiger partial charge on any atom is -0.385 e. The van der Waals surface area contributed by atoms with Crippen LogP contribution in [0.1, 0.15) is 26.2 Å². The maximum Gasteiger partial charge on any atom is 0.148 e. The van der Waals surface area contributed by atoms with E-state index in [2.05, 4.69) is 17.1 Å². The molecule has 1 aliphatic heterocycles. The Kier molecular flexibility index (Phi) is 5.02. The number of nitrogens with one attached hydrogen (secondary N) is 1. The van der Waals surface area contributed by atoms with Crippen LogP contribution in [-0.4, -0.2) is 32.8 Å². The first-order valence-corrected chi connectivity index (χ1v) is 7.00. The fourth-order valence-corrected chi connectivity index (χ4v) is 2.46. The molecule has 0 aliphatic carbocycles. The third-order valence-electron chi connectivity index (χ3n) is 3.56. The highest BCUT2D eigenvalue weighted by molar-refractivity contribution is 5.57. The summed E-state index contributed by atoms with van der Waals surface area (Å²) in [6, 6.07) is 5.71. The monoisotopic (exact) mass is 266 g/mol. The van der Waals surface area contributed by atoms with Crippen LogP contribution in [0.15, 0.2) is 18.2 Å². The molecule has 4 heteroatoms. The molecule has 1 saturated heterocycles. The number of hydrogen-bond acceptors (Lipinski definition) is 3. The molecule has 0 saturated carbocycles. The average molecular weight is 266 g/mol. The summed E-state index contributed by atoms with van der Waals surface area (Å²) in [5, 5.41) is 3.30. The van der Waals surface area contributed by atoms with Gasteiger partial charge in [-0.15, -0.1) is 0 Å². The number of methoxy groups -OCH3 is 1. The Hall–Kier alpha value is -1.29. The number of halogens is 1. The minimum absolute atomic E-state index is 0.133. The molecular weight excluding hydrogens is 243 g/mol. The van der Waals surface area contributed by atoms with Gasteiger partial charge in [0.2, 0.25) is 0 Å². The Balaban J connectivity index is 1.98. The second kappa shape index (κ2) is 6.75. The van der Waals surface area contributed by atoms with Crippen molar-refractivity contribution in [1.29, 1.82) is 0 Å². The molecule has 1 atom stereocenters. The Bertz CT molecular complexity index is 405. The largest absolute Gasteiger partial charge is 0.385 e. The zero-order valence-electron chi connectivity index (χ0n) is 11.8. The molecule has 2 rings (SSSR count). The SMILES string of the molecule is COCCC(C)Nc1ccc(N2CCCC2)c(F)c1. The van der Waals surface area contributed by atoms with Gasteiger partial charge in [0.25, 0.3) is 0 Å². The highest BCUT2D eigenvalue weighted by Crippen LogP contribution is 2.26. The standard InChI is InChI=1S/C15H23FN2O/c1-12(7-10-19-2)17-13-5-6-15(14(16)11-13)18-8-3-4-9-18/h5-6,11-12,17H,3-4,7-10H2,1-2H3. The molecule has 0 spiro atoms. The molecule has 1 aromatic carbocycles. The molecule has 3 nitrogen and oxygen atoms in total. The van der Waals surface area contributed by atoms with Crippen molar-refractivity contribution in [3.63, 3.8) is 0 Å². The van der Waals surface area contributed by atoms with Crippen LogP contribution >= 0.6 is 0 Å². The molecule has 0 amide bonds. The van der Waals surface area contributed by atoms with E-state index in [1.807, 2.05) is 12.1 Å². The molecule has 1 fully saturated rings. The van der Waals surface area contributed by atoms with Crippen molar-refractivity contribution in [2.75, 3.05) is 37.0 Å². The van der Waals surface area contributed by atoms with Gasteiger partial charge in [-0.3, -0.25) is 0 Å². The molecule has 1 N–H and O–H groups in total. The van der Waals surface area contributed by atoms with Crippen molar-refractivity contribution in [2.45, 2.75) is 32.2 Å². The summed E-state index contributed by atoms with van der Waals surface area (Å²) in [6.07, 6.45) is 3.23. The van der Waals surface area contributed by atoms with Crippen molar-refractivity contribution in [1.82, 2.24) is 0 Å². The number of benzene rings is 1. The van der Waals surface area contributed by atoms with Crippen molar-refractivity contribution >= 4 is 11.4 Å². The van der Waals surface area contributed by atoms with E-state index in [-0.39, 0.29) is 11.9 Å². The summed E-state index contributed by atoms with van der Waals surface area (Å²) < 4.78 is 19.1.